The van der Waals surface area contributed by atoms with E-state index in [-0.39, 0.29) is 0 Å². The van der Waals surface area contributed by atoms with Crippen molar-refractivity contribution < 1.29 is 0 Å². The van der Waals surface area contributed by atoms with Gasteiger partial charge in [-0.25, -0.2) is 0 Å². The minimum absolute atomic E-state index is 0.430. The lowest BCUT2D eigenvalue weighted by Crippen LogP contribution is -2.40. The number of hydrogen-bond acceptors (Lipinski definition) is 2. The summed E-state index contributed by atoms with van der Waals surface area (Å²) in [5.74, 6) is 0. The van der Waals surface area contributed by atoms with E-state index in [9.17, 15) is 0 Å². The molecule has 0 amide bonds. The first kappa shape index (κ1) is 14.5. The first-order valence-corrected chi connectivity index (χ1v) is 7.72. The molecule has 0 radical (unpaired) electrons. The predicted molar refractivity (Wildman–Crippen MR) is 82.5 cm³/mol. The number of hydrogen-bond donors (Lipinski definition) is 2. The number of piperidine rings is 1. The third kappa shape index (κ3) is 4.32. The average molecular weight is 260 g/mol. The average Bonchev–Trinajstić information content (AvgIpc) is 2.40. The molecule has 0 aliphatic carbocycles. The smallest absolute Gasteiger partial charge is 0.0296 e. The molecule has 0 spiro atoms. The Morgan fingerprint density at radius 2 is 2.05 bits per heavy atom. The van der Waals surface area contributed by atoms with Crippen molar-refractivity contribution in [1.29, 1.82) is 0 Å². The molecule has 2 rings (SSSR count). The van der Waals surface area contributed by atoms with Gasteiger partial charge in [0, 0.05) is 18.1 Å². The summed E-state index contributed by atoms with van der Waals surface area (Å²) in [7, 11) is 0. The van der Waals surface area contributed by atoms with Crippen LogP contribution < -0.4 is 10.6 Å². The third-order valence-corrected chi connectivity index (χ3v) is 4.24. The molecule has 1 aromatic carbocycles. The molecule has 0 bridgehead atoms. The van der Waals surface area contributed by atoms with Gasteiger partial charge in [0.25, 0.3) is 0 Å². The summed E-state index contributed by atoms with van der Waals surface area (Å²) in [5.41, 5.74) is 2.80. The molecule has 2 nitrogen and oxygen atoms in total. The molecule has 1 aliphatic heterocycles. The van der Waals surface area contributed by atoms with E-state index >= 15 is 0 Å². The molecule has 3 atom stereocenters. The van der Waals surface area contributed by atoms with Crippen LogP contribution in [0, 0.1) is 6.92 Å². The van der Waals surface area contributed by atoms with E-state index < -0.39 is 0 Å². The second kappa shape index (κ2) is 7.06. The second-order valence-corrected chi connectivity index (χ2v) is 6.03. The molecule has 1 saturated heterocycles. The standard InChI is InChI=1S/C17H28N2/c1-13-8-4-5-10-17(13)15(3)19-14(2)12-16-9-6-7-11-18-16/h4-5,8,10,14-16,18-19H,6-7,9,11-12H2,1-3H3/t14?,15-,16?/m1/s1. The molecule has 0 saturated carbocycles. The van der Waals surface area contributed by atoms with Gasteiger partial charge < -0.3 is 10.6 Å². The van der Waals surface area contributed by atoms with Gasteiger partial charge in [-0.1, -0.05) is 30.7 Å². The Morgan fingerprint density at radius 1 is 1.26 bits per heavy atom. The van der Waals surface area contributed by atoms with E-state index in [0.29, 0.717) is 18.1 Å². The molecule has 19 heavy (non-hydrogen) atoms. The van der Waals surface area contributed by atoms with Gasteiger partial charge in [-0.05, 0) is 57.7 Å². The monoisotopic (exact) mass is 260 g/mol. The van der Waals surface area contributed by atoms with Crippen LogP contribution in [0.2, 0.25) is 0 Å². The van der Waals surface area contributed by atoms with Crippen LogP contribution in [0.5, 0.6) is 0 Å². The SMILES string of the molecule is Cc1ccccc1[C@@H](C)NC(C)CC1CCCCN1. The zero-order valence-corrected chi connectivity index (χ0v) is 12.6. The van der Waals surface area contributed by atoms with Gasteiger partial charge in [0.05, 0.1) is 0 Å². The topological polar surface area (TPSA) is 24.1 Å². The van der Waals surface area contributed by atoms with Crippen LogP contribution in [-0.4, -0.2) is 18.6 Å². The van der Waals surface area contributed by atoms with Gasteiger partial charge >= 0.3 is 0 Å². The van der Waals surface area contributed by atoms with Crippen LogP contribution in [0.15, 0.2) is 24.3 Å². The van der Waals surface area contributed by atoms with E-state index in [2.05, 4.69) is 55.7 Å². The summed E-state index contributed by atoms with van der Waals surface area (Å²) in [4.78, 5) is 0. The molecule has 2 N–H and O–H groups in total. The first-order chi connectivity index (χ1) is 9.16. The Hall–Kier alpha value is -0.860. The van der Waals surface area contributed by atoms with Crippen molar-refractivity contribution in [3.05, 3.63) is 35.4 Å². The molecule has 1 aromatic rings. The van der Waals surface area contributed by atoms with E-state index in [1.165, 1.54) is 43.4 Å². The van der Waals surface area contributed by atoms with Crippen LogP contribution in [-0.2, 0) is 0 Å². The normalized spacial score (nSPS) is 23.0. The Labute approximate surface area is 118 Å². The third-order valence-electron chi connectivity index (χ3n) is 4.24. The van der Waals surface area contributed by atoms with Crippen LogP contribution in [0.1, 0.15) is 56.7 Å². The van der Waals surface area contributed by atoms with Crippen molar-refractivity contribution in [3.8, 4) is 0 Å². The summed E-state index contributed by atoms with van der Waals surface area (Å²) in [6.45, 7) is 7.98. The Morgan fingerprint density at radius 3 is 2.74 bits per heavy atom. The molecule has 2 heteroatoms. The Kier molecular flexibility index (Phi) is 5.41. The number of aryl methyl sites for hydroxylation is 1. The molecule has 0 aromatic heterocycles. The van der Waals surface area contributed by atoms with Gasteiger partial charge in [0.1, 0.15) is 0 Å². The lowest BCUT2D eigenvalue weighted by atomic mass is 9.97. The van der Waals surface area contributed by atoms with E-state index in [1.54, 1.807) is 0 Å². The maximum Gasteiger partial charge on any atom is 0.0296 e. The molecule has 2 unspecified atom stereocenters. The fourth-order valence-corrected chi connectivity index (χ4v) is 3.21. The van der Waals surface area contributed by atoms with E-state index in [4.69, 9.17) is 0 Å². The molecule has 1 heterocycles. The van der Waals surface area contributed by atoms with E-state index in [0.717, 1.165) is 0 Å². The first-order valence-electron chi connectivity index (χ1n) is 7.72. The Bertz CT molecular complexity index is 383. The number of rotatable bonds is 5. The quantitative estimate of drug-likeness (QED) is 0.846. The molecule has 1 aliphatic rings. The van der Waals surface area contributed by atoms with E-state index in [1.807, 2.05) is 0 Å². The van der Waals surface area contributed by atoms with Crippen molar-refractivity contribution in [2.75, 3.05) is 6.54 Å². The fourth-order valence-electron chi connectivity index (χ4n) is 3.21. The van der Waals surface area contributed by atoms with Crippen LogP contribution in [0.4, 0.5) is 0 Å². The summed E-state index contributed by atoms with van der Waals surface area (Å²) in [5, 5.41) is 7.38. The second-order valence-electron chi connectivity index (χ2n) is 6.03. The van der Waals surface area contributed by atoms with Crippen LogP contribution in [0.25, 0.3) is 0 Å². The number of benzene rings is 1. The highest BCUT2D eigenvalue weighted by atomic mass is 15.0. The van der Waals surface area contributed by atoms with Crippen molar-refractivity contribution in [2.45, 2.75) is 64.6 Å². The maximum atomic E-state index is 3.74. The van der Waals surface area contributed by atoms with Crippen LogP contribution in [0.3, 0.4) is 0 Å². The highest BCUT2D eigenvalue weighted by Gasteiger charge is 2.17. The zero-order chi connectivity index (χ0) is 13.7. The fraction of sp³-hybridized carbons (Fsp3) is 0.647. The van der Waals surface area contributed by atoms with Gasteiger partial charge in [-0.2, -0.15) is 0 Å². The van der Waals surface area contributed by atoms with Gasteiger partial charge in [0.2, 0.25) is 0 Å². The summed E-state index contributed by atoms with van der Waals surface area (Å²) < 4.78 is 0. The summed E-state index contributed by atoms with van der Waals surface area (Å²) in [6.07, 6.45) is 5.30. The lowest BCUT2D eigenvalue weighted by molar-refractivity contribution is 0.334. The predicted octanol–water partition coefficient (Wildman–Crippen LogP) is 3.57. The van der Waals surface area contributed by atoms with Gasteiger partial charge in [0.15, 0.2) is 0 Å². The van der Waals surface area contributed by atoms with Gasteiger partial charge in [-0.15, -0.1) is 0 Å². The summed E-state index contributed by atoms with van der Waals surface area (Å²) >= 11 is 0. The van der Waals surface area contributed by atoms with Crippen LogP contribution >= 0.6 is 0 Å². The molecular weight excluding hydrogens is 232 g/mol. The highest BCUT2D eigenvalue weighted by molar-refractivity contribution is 5.28. The summed E-state index contributed by atoms with van der Waals surface area (Å²) in [6, 6.07) is 10.4. The van der Waals surface area contributed by atoms with Gasteiger partial charge in [-0.3, -0.25) is 0 Å². The maximum absolute atomic E-state index is 3.74. The number of nitrogens with one attached hydrogen (secondary N) is 2. The minimum atomic E-state index is 0.430. The minimum Gasteiger partial charge on any atom is -0.314 e. The molecule has 1 fully saturated rings. The van der Waals surface area contributed by atoms with Crippen molar-refractivity contribution in [2.24, 2.45) is 0 Å². The lowest BCUT2D eigenvalue weighted by Gasteiger charge is -2.28. The van der Waals surface area contributed by atoms with Crippen molar-refractivity contribution >= 4 is 0 Å². The zero-order valence-electron chi connectivity index (χ0n) is 12.6. The highest BCUT2D eigenvalue weighted by Crippen LogP contribution is 2.19. The van der Waals surface area contributed by atoms with Crippen molar-refractivity contribution in [1.82, 2.24) is 10.6 Å². The Balaban J connectivity index is 1.84. The molecular formula is C17H28N2. The van der Waals surface area contributed by atoms with Crippen molar-refractivity contribution in [3.63, 3.8) is 0 Å². The molecule has 106 valence electrons. The largest absolute Gasteiger partial charge is 0.314 e.